The first kappa shape index (κ1) is 18.1. The van der Waals surface area contributed by atoms with Crippen molar-refractivity contribution >= 4 is 23.3 Å². The van der Waals surface area contributed by atoms with Crippen molar-refractivity contribution < 1.29 is 19.2 Å². The summed E-state index contributed by atoms with van der Waals surface area (Å²) in [4.78, 5) is 34.5. The number of nitrogens with one attached hydrogen (secondary N) is 1. The average molecular weight is 342 g/mol. The molecule has 130 valence electrons. The molecule has 7 heteroatoms. The van der Waals surface area contributed by atoms with Gasteiger partial charge in [0.15, 0.2) is 0 Å². The minimum absolute atomic E-state index is 0.105. The summed E-state index contributed by atoms with van der Waals surface area (Å²) in [6, 6.07) is 12.4. The first-order valence-electron chi connectivity index (χ1n) is 7.70. The lowest BCUT2D eigenvalue weighted by atomic mass is 10.1. The van der Waals surface area contributed by atoms with Gasteiger partial charge in [0.1, 0.15) is 0 Å². The summed E-state index contributed by atoms with van der Waals surface area (Å²) in [5.74, 6) is -0.895. The maximum absolute atomic E-state index is 12.2. The highest BCUT2D eigenvalue weighted by molar-refractivity contribution is 5.95. The van der Waals surface area contributed by atoms with Gasteiger partial charge in [-0.1, -0.05) is 24.3 Å². The van der Waals surface area contributed by atoms with Crippen molar-refractivity contribution in [3.63, 3.8) is 0 Å². The smallest absolute Gasteiger partial charge is 0.338 e. The lowest BCUT2D eigenvalue weighted by molar-refractivity contribution is -0.385. The molecule has 2 aromatic rings. The topological polar surface area (TPSA) is 98.5 Å². The summed E-state index contributed by atoms with van der Waals surface area (Å²) in [5, 5.41) is 13.6. The highest BCUT2D eigenvalue weighted by atomic mass is 16.6. The number of nitro groups is 1. The maximum Gasteiger partial charge on any atom is 0.338 e. The van der Waals surface area contributed by atoms with E-state index in [-0.39, 0.29) is 18.2 Å². The van der Waals surface area contributed by atoms with E-state index in [1.165, 1.54) is 18.2 Å². The Labute approximate surface area is 144 Å². The van der Waals surface area contributed by atoms with Crippen LogP contribution in [0.25, 0.3) is 0 Å². The van der Waals surface area contributed by atoms with Crippen molar-refractivity contribution in [3.8, 4) is 0 Å². The van der Waals surface area contributed by atoms with Crippen LogP contribution >= 0.6 is 0 Å². The van der Waals surface area contributed by atoms with Crippen LogP contribution in [-0.2, 0) is 16.0 Å². The second-order valence-electron chi connectivity index (χ2n) is 5.65. The van der Waals surface area contributed by atoms with Crippen molar-refractivity contribution in [2.24, 2.45) is 0 Å². The van der Waals surface area contributed by atoms with Gasteiger partial charge < -0.3 is 10.1 Å². The SMILES string of the molecule is CC(C)OC(=O)c1cccc(NC(=O)Cc2ccccc2[N+](=O)[O-])c1. The third-order valence-electron chi connectivity index (χ3n) is 3.26. The summed E-state index contributed by atoms with van der Waals surface area (Å²) in [7, 11) is 0. The van der Waals surface area contributed by atoms with Crippen LogP contribution in [0.4, 0.5) is 11.4 Å². The van der Waals surface area contributed by atoms with Crippen molar-refractivity contribution in [2.45, 2.75) is 26.4 Å². The monoisotopic (exact) mass is 342 g/mol. The summed E-state index contributed by atoms with van der Waals surface area (Å²) in [6.45, 7) is 3.49. The largest absolute Gasteiger partial charge is 0.459 e. The number of benzene rings is 2. The quantitative estimate of drug-likeness (QED) is 0.493. The number of nitrogens with zero attached hydrogens (tertiary/aromatic N) is 1. The van der Waals surface area contributed by atoms with Crippen LogP contribution in [0.5, 0.6) is 0 Å². The molecule has 0 aliphatic carbocycles. The van der Waals surface area contributed by atoms with E-state index in [0.717, 1.165) is 0 Å². The predicted molar refractivity (Wildman–Crippen MR) is 92.4 cm³/mol. The molecule has 0 bridgehead atoms. The highest BCUT2D eigenvalue weighted by Crippen LogP contribution is 2.19. The Balaban J connectivity index is 2.09. The van der Waals surface area contributed by atoms with Crippen molar-refractivity contribution in [1.29, 1.82) is 0 Å². The zero-order valence-electron chi connectivity index (χ0n) is 13.9. The number of carbonyl (C=O) groups is 2. The molecule has 0 saturated heterocycles. The van der Waals surface area contributed by atoms with Gasteiger partial charge in [0.05, 0.1) is 23.0 Å². The number of amides is 1. The molecule has 0 heterocycles. The van der Waals surface area contributed by atoms with Gasteiger partial charge in [0, 0.05) is 17.3 Å². The number of anilines is 1. The zero-order valence-corrected chi connectivity index (χ0v) is 13.9. The molecular formula is C18H18N2O5. The molecule has 7 nitrogen and oxygen atoms in total. The molecule has 0 fully saturated rings. The third-order valence-corrected chi connectivity index (χ3v) is 3.26. The number of nitro benzene ring substituents is 1. The number of hydrogen-bond acceptors (Lipinski definition) is 5. The molecule has 1 N–H and O–H groups in total. The third kappa shape index (κ3) is 5.13. The van der Waals surface area contributed by atoms with Crippen LogP contribution in [0.3, 0.4) is 0 Å². The van der Waals surface area contributed by atoms with Gasteiger partial charge in [-0.25, -0.2) is 4.79 Å². The van der Waals surface area contributed by atoms with Crippen molar-refractivity contribution in [3.05, 3.63) is 69.8 Å². The van der Waals surface area contributed by atoms with Crippen LogP contribution in [0.2, 0.25) is 0 Å². The molecule has 0 aromatic heterocycles. The van der Waals surface area contributed by atoms with E-state index >= 15 is 0 Å². The summed E-state index contributed by atoms with van der Waals surface area (Å²) in [5.41, 5.74) is 0.950. The molecule has 0 aliphatic heterocycles. The Hall–Kier alpha value is -3.22. The molecule has 0 saturated carbocycles. The van der Waals surface area contributed by atoms with E-state index in [1.54, 1.807) is 44.2 Å². The number of hydrogen-bond donors (Lipinski definition) is 1. The van der Waals surface area contributed by atoms with E-state index in [9.17, 15) is 19.7 Å². The lowest BCUT2D eigenvalue weighted by Crippen LogP contribution is -2.16. The predicted octanol–water partition coefficient (Wildman–Crippen LogP) is 3.34. The van der Waals surface area contributed by atoms with E-state index in [0.29, 0.717) is 16.8 Å². The molecule has 2 aromatic carbocycles. The first-order chi connectivity index (χ1) is 11.9. The fourth-order valence-electron chi connectivity index (χ4n) is 2.22. The minimum Gasteiger partial charge on any atom is -0.459 e. The molecule has 25 heavy (non-hydrogen) atoms. The Bertz CT molecular complexity index is 802. The molecule has 0 aliphatic rings. The van der Waals surface area contributed by atoms with E-state index in [1.807, 2.05) is 0 Å². The number of para-hydroxylation sites is 1. The van der Waals surface area contributed by atoms with E-state index < -0.39 is 16.8 Å². The molecule has 2 rings (SSSR count). The number of rotatable bonds is 6. The van der Waals surface area contributed by atoms with E-state index in [2.05, 4.69) is 5.32 Å². The average Bonchev–Trinajstić information content (AvgIpc) is 2.54. The Kier molecular flexibility index (Phi) is 5.84. The summed E-state index contributed by atoms with van der Waals surface area (Å²) >= 11 is 0. The summed E-state index contributed by atoms with van der Waals surface area (Å²) < 4.78 is 5.11. The highest BCUT2D eigenvalue weighted by Gasteiger charge is 2.16. The molecule has 0 spiro atoms. The second kappa shape index (κ2) is 8.05. The molecular weight excluding hydrogens is 324 g/mol. The van der Waals surface area contributed by atoms with Gasteiger partial charge >= 0.3 is 5.97 Å². The Morgan fingerprint density at radius 1 is 1.16 bits per heavy atom. The number of esters is 1. The van der Waals surface area contributed by atoms with Gasteiger partial charge in [-0.05, 0) is 32.0 Å². The normalized spacial score (nSPS) is 10.4. The van der Waals surface area contributed by atoms with Gasteiger partial charge in [-0.2, -0.15) is 0 Å². The second-order valence-corrected chi connectivity index (χ2v) is 5.65. The molecule has 1 amide bonds. The van der Waals surface area contributed by atoms with Gasteiger partial charge in [0.25, 0.3) is 5.69 Å². The Morgan fingerprint density at radius 3 is 2.56 bits per heavy atom. The zero-order chi connectivity index (χ0) is 18.4. The van der Waals surface area contributed by atoms with Crippen LogP contribution in [0.1, 0.15) is 29.8 Å². The molecule has 0 unspecified atom stereocenters. The van der Waals surface area contributed by atoms with Gasteiger partial charge in [-0.3, -0.25) is 14.9 Å². The minimum atomic E-state index is -0.523. The summed E-state index contributed by atoms with van der Waals surface area (Å²) in [6.07, 6.45) is -0.387. The van der Waals surface area contributed by atoms with Crippen molar-refractivity contribution in [2.75, 3.05) is 5.32 Å². The number of carbonyl (C=O) groups excluding carboxylic acids is 2. The number of ether oxygens (including phenoxy) is 1. The Morgan fingerprint density at radius 2 is 1.88 bits per heavy atom. The van der Waals surface area contributed by atoms with Crippen LogP contribution in [0, 0.1) is 10.1 Å². The van der Waals surface area contributed by atoms with Crippen molar-refractivity contribution in [1.82, 2.24) is 0 Å². The maximum atomic E-state index is 12.2. The first-order valence-corrected chi connectivity index (χ1v) is 7.70. The fourth-order valence-corrected chi connectivity index (χ4v) is 2.22. The van der Waals surface area contributed by atoms with Crippen LogP contribution in [-0.4, -0.2) is 22.9 Å². The van der Waals surface area contributed by atoms with Crippen LogP contribution in [0.15, 0.2) is 48.5 Å². The van der Waals surface area contributed by atoms with Gasteiger partial charge in [-0.15, -0.1) is 0 Å². The van der Waals surface area contributed by atoms with Crippen LogP contribution < -0.4 is 5.32 Å². The molecule has 0 radical (unpaired) electrons. The van der Waals surface area contributed by atoms with E-state index in [4.69, 9.17) is 4.74 Å². The fraction of sp³-hybridized carbons (Fsp3) is 0.222. The molecule has 0 atom stereocenters. The lowest BCUT2D eigenvalue weighted by Gasteiger charge is -2.10. The van der Waals surface area contributed by atoms with Gasteiger partial charge in [0.2, 0.25) is 5.91 Å². The standard InChI is InChI=1S/C18H18N2O5/c1-12(2)25-18(22)14-7-5-8-15(10-14)19-17(21)11-13-6-3-4-9-16(13)20(23)24/h3-10,12H,11H2,1-2H3,(H,19,21).